The van der Waals surface area contributed by atoms with Crippen LogP contribution in [0.4, 0.5) is 0 Å². The Labute approximate surface area is 341 Å². The fourth-order valence-corrected chi connectivity index (χ4v) is 8.58. The second kappa shape index (κ2) is 14.4. The molecule has 5 heteroatoms. The van der Waals surface area contributed by atoms with Gasteiger partial charge in [0.1, 0.15) is 11.2 Å². The highest BCUT2D eigenvalue weighted by Gasteiger charge is 2.21. The lowest BCUT2D eigenvalue weighted by molar-refractivity contribution is 0.669. The van der Waals surface area contributed by atoms with E-state index in [1.807, 2.05) is 24.3 Å². The van der Waals surface area contributed by atoms with E-state index < -0.39 is 0 Å². The largest absolute Gasteiger partial charge is 0.455 e. The maximum atomic E-state index is 6.65. The zero-order valence-electron chi connectivity index (χ0n) is 32.5. The molecule has 11 aromatic rings. The number of aryl methyl sites for hydroxylation is 1. The molecule has 0 saturated heterocycles. The van der Waals surface area contributed by atoms with Gasteiger partial charge in [-0.25, -0.2) is 15.0 Å². The summed E-state index contributed by atoms with van der Waals surface area (Å²) < 4.78 is 9.00. The fraction of sp³-hybridized carbons (Fsp3) is 0.0556. The summed E-state index contributed by atoms with van der Waals surface area (Å²) in [5, 5.41) is 4.61. The summed E-state index contributed by atoms with van der Waals surface area (Å²) in [6.07, 6.45) is 2.14. The Balaban J connectivity index is 1.08. The van der Waals surface area contributed by atoms with Crippen molar-refractivity contribution in [3.8, 4) is 62.1 Å². The number of aromatic nitrogens is 4. The maximum absolute atomic E-state index is 6.65. The molecule has 0 spiro atoms. The molecule has 0 aliphatic rings. The van der Waals surface area contributed by atoms with Crippen LogP contribution in [0.25, 0.3) is 106 Å². The van der Waals surface area contributed by atoms with Crippen LogP contribution in [0.15, 0.2) is 192 Å². The van der Waals surface area contributed by atoms with Crippen LogP contribution >= 0.6 is 0 Å². The van der Waals surface area contributed by atoms with E-state index in [2.05, 4.69) is 175 Å². The summed E-state index contributed by atoms with van der Waals surface area (Å²) in [6, 6.07) is 66.0. The van der Waals surface area contributed by atoms with E-state index in [0.717, 1.165) is 95.8 Å². The van der Waals surface area contributed by atoms with Gasteiger partial charge in [0.25, 0.3) is 0 Å². The molecule has 0 fully saturated rings. The first-order valence-corrected chi connectivity index (χ1v) is 20.2. The Kier molecular flexibility index (Phi) is 8.44. The zero-order chi connectivity index (χ0) is 39.3. The first kappa shape index (κ1) is 34.6. The Morgan fingerprint density at radius 1 is 0.424 bits per heavy atom. The lowest BCUT2D eigenvalue weighted by Crippen LogP contribution is -2.03. The molecule has 0 amide bonds. The van der Waals surface area contributed by atoms with Crippen LogP contribution in [0.1, 0.15) is 18.9 Å². The topological polar surface area (TPSA) is 56.7 Å². The first-order valence-electron chi connectivity index (χ1n) is 20.2. The SMILES string of the molecule is CCCc1ccc2c(c1)oc1c(-c3ccc4c(c3)c3ccccc3n4-c3ccccc3-c3nc(-c4ccccc4)nc(-c4cccc(-c5ccccc5)c4)n3)cccc12. The highest BCUT2D eigenvalue weighted by molar-refractivity contribution is 6.13. The minimum Gasteiger partial charge on any atom is -0.455 e. The van der Waals surface area contributed by atoms with Crippen LogP contribution in [0.3, 0.4) is 0 Å². The lowest BCUT2D eigenvalue weighted by Gasteiger charge is -2.15. The Morgan fingerprint density at radius 3 is 1.92 bits per heavy atom. The number of hydrogen-bond donors (Lipinski definition) is 0. The van der Waals surface area contributed by atoms with E-state index in [1.165, 1.54) is 10.9 Å². The van der Waals surface area contributed by atoms with E-state index in [1.54, 1.807) is 0 Å². The average Bonchev–Trinajstić information content (AvgIpc) is 3.85. The molecule has 0 bridgehead atoms. The van der Waals surface area contributed by atoms with Crippen molar-refractivity contribution in [3.05, 3.63) is 194 Å². The smallest absolute Gasteiger partial charge is 0.166 e. The van der Waals surface area contributed by atoms with E-state index in [9.17, 15) is 0 Å². The number of rotatable bonds is 8. The summed E-state index contributed by atoms with van der Waals surface area (Å²) in [6.45, 7) is 2.21. The van der Waals surface area contributed by atoms with Crippen LogP contribution in [0.2, 0.25) is 0 Å². The highest BCUT2D eigenvalue weighted by atomic mass is 16.3. The molecule has 0 radical (unpaired) electrons. The Bertz CT molecular complexity index is 3340. The average molecular weight is 759 g/mol. The van der Waals surface area contributed by atoms with Crippen LogP contribution in [-0.4, -0.2) is 19.5 Å². The Morgan fingerprint density at radius 2 is 1.07 bits per heavy atom. The molecular weight excluding hydrogens is 721 g/mol. The fourth-order valence-electron chi connectivity index (χ4n) is 8.58. The van der Waals surface area contributed by atoms with E-state index >= 15 is 0 Å². The van der Waals surface area contributed by atoms with Gasteiger partial charge in [-0.05, 0) is 71.1 Å². The van der Waals surface area contributed by atoms with Crippen molar-refractivity contribution in [3.63, 3.8) is 0 Å². The summed E-state index contributed by atoms with van der Waals surface area (Å²) in [5.41, 5.74) is 13.5. The van der Waals surface area contributed by atoms with Gasteiger partial charge in [0.15, 0.2) is 17.5 Å². The van der Waals surface area contributed by atoms with Crippen LogP contribution in [0, 0.1) is 0 Å². The summed E-state index contributed by atoms with van der Waals surface area (Å²) in [5.74, 6) is 1.85. The molecule has 280 valence electrons. The molecule has 0 aliphatic heterocycles. The minimum absolute atomic E-state index is 0.607. The molecule has 5 nitrogen and oxygen atoms in total. The highest BCUT2D eigenvalue weighted by Crippen LogP contribution is 2.41. The van der Waals surface area contributed by atoms with Crippen LogP contribution < -0.4 is 0 Å². The molecule has 8 aromatic carbocycles. The van der Waals surface area contributed by atoms with Gasteiger partial charge < -0.3 is 8.98 Å². The van der Waals surface area contributed by atoms with Crippen LogP contribution in [-0.2, 0) is 6.42 Å². The molecule has 11 rings (SSSR count). The second-order valence-corrected chi connectivity index (χ2v) is 15.1. The van der Waals surface area contributed by atoms with Crippen molar-refractivity contribution in [1.29, 1.82) is 0 Å². The van der Waals surface area contributed by atoms with Gasteiger partial charge in [0, 0.05) is 43.8 Å². The van der Waals surface area contributed by atoms with Gasteiger partial charge in [-0.1, -0.05) is 159 Å². The third-order valence-corrected chi connectivity index (χ3v) is 11.4. The molecule has 3 heterocycles. The van der Waals surface area contributed by atoms with Crippen LogP contribution in [0.5, 0.6) is 0 Å². The predicted octanol–water partition coefficient (Wildman–Crippen LogP) is 14.2. The van der Waals surface area contributed by atoms with Crippen molar-refractivity contribution in [2.45, 2.75) is 19.8 Å². The second-order valence-electron chi connectivity index (χ2n) is 15.1. The van der Waals surface area contributed by atoms with Gasteiger partial charge in [-0.2, -0.15) is 0 Å². The van der Waals surface area contributed by atoms with Crippen molar-refractivity contribution in [2.24, 2.45) is 0 Å². The summed E-state index contributed by atoms with van der Waals surface area (Å²) in [4.78, 5) is 15.5. The molecule has 0 N–H and O–H groups in total. The number of fused-ring (bicyclic) bond motifs is 6. The molecule has 0 saturated carbocycles. The number of benzene rings is 8. The molecule has 59 heavy (non-hydrogen) atoms. The normalized spacial score (nSPS) is 11.6. The van der Waals surface area contributed by atoms with Gasteiger partial charge in [0.2, 0.25) is 0 Å². The first-order chi connectivity index (χ1) is 29.2. The zero-order valence-corrected chi connectivity index (χ0v) is 32.5. The van der Waals surface area contributed by atoms with Gasteiger partial charge in [-0.15, -0.1) is 0 Å². The Hall–Kier alpha value is -7.63. The minimum atomic E-state index is 0.607. The number of nitrogens with zero attached hydrogens (tertiary/aromatic N) is 4. The van der Waals surface area contributed by atoms with Crippen molar-refractivity contribution in [1.82, 2.24) is 19.5 Å². The quantitative estimate of drug-likeness (QED) is 0.155. The van der Waals surface area contributed by atoms with E-state index in [-0.39, 0.29) is 0 Å². The number of para-hydroxylation sites is 3. The molecule has 0 aliphatic carbocycles. The van der Waals surface area contributed by atoms with E-state index in [0.29, 0.717) is 17.5 Å². The van der Waals surface area contributed by atoms with E-state index in [4.69, 9.17) is 19.4 Å². The molecule has 3 aromatic heterocycles. The van der Waals surface area contributed by atoms with Gasteiger partial charge >= 0.3 is 0 Å². The number of hydrogen-bond acceptors (Lipinski definition) is 4. The lowest BCUT2D eigenvalue weighted by atomic mass is 10.00. The monoisotopic (exact) mass is 758 g/mol. The molecular formula is C54H38N4O. The third-order valence-electron chi connectivity index (χ3n) is 11.4. The van der Waals surface area contributed by atoms with Crippen molar-refractivity contribution >= 4 is 43.7 Å². The van der Waals surface area contributed by atoms with Gasteiger partial charge in [-0.3, -0.25) is 0 Å². The maximum Gasteiger partial charge on any atom is 0.166 e. The predicted molar refractivity (Wildman–Crippen MR) is 243 cm³/mol. The third kappa shape index (κ3) is 6.07. The molecule has 0 atom stereocenters. The van der Waals surface area contributed by atoms with Crippen molar-refractivity contribution in [2.75, 3.05) is 0 Å². The standard InChI is InChI=1S/C54H38N4O/c1-2-15-35-28-30-43-44-25-14-24-41(51(44)59-50(43)32-35)39-29-31-49-46(34-39)42-22-9-11-26-47(42)58(49)48-27-12-10-23-45(48)54-56-52(37-18-7-4-8-19-37)55-53(57-54)40-21-13-20-38(33-40)36-16-5-3-6-17-36/h3-14,16-34H,2,15H2,1H3. The molecule has 0 unspecified atom stereocenters. The van der Waals surface area contributed by atoms with Crippen molar-refractivity contribution < 1.29 is 4.42 Å². The van der Waals surface area contributed by atoms with Gasteiger partial charge in [0.05, 0.1) is 16.7 Å². The number of furan rings is 1. The summed E-state index contributed by atoms with van der Waals surface area (Å²) >= 11 is 0. The summed E-state index contributed by atoms with van der Waals surface area (Å²) in [7, 11) is 0.